The standard InChI is InChI=1S/C20H22N2O6/c1-12-9-13(2)19(22(26)27)14(3)18(12)20(25)21(4)10-15-5-7-16(8-6-15)28-11-17(23)24/h5-9H,10-11H2,1-4H3,(H,23,24). The van der Waals surface area contributed by atoms with Crippen LogP contribution in [0.15, 0.2) is 30.3 Å². The van der Waals surface area contributed by atoms with Crippen molar-refractivity contribution < 1.29 is 24.4 Å². The SMILES string of the molecule is Cc1cc(C)c([N+](=O)[O-])c(C)c1C(=O)N(C)Cc1ccc(OCC(=O)O)cc1. The van der Waals surface area contributed by atoms with E-state index >= 15 is 0 Å². The molecule has 1 N–H and O–H groups in total. The molecule has 0 radical (unpaired) electrons. The van der Waals surface area contributed by atoms with Crippen molar-refractivity contribution in [1.82, 2.24) is 4.90 Å². The monoisotopic (exact) mass is 386 g/mol. The van der Waals surface area contributed by atoms with Gasteiger partial charge in [0.1, 0.15) is 5.75 Å². The second kappa shape index (κ2) is 8.51. The Hall–Kier alpha value is -3.42. The molecule has 2 aromatic rings. The molecule has 0 atom stereocenters. The van der Waals surface area contributed by atoms with Gasteiger partial charge in [-0.05, 0) is 50.1 Å². The molecule has 2 aromatic carbocycles. The lowest BCUT2D eigenvalue weighted by Crippen LogP contribution is -2.28. The van der Waals surface area contributed by atoms with E-state index in [-0.39, 0.29) is 11.6 Å². The molecule has 0 saturated carbocycles. The van der Waals surface area contributed by atoms with Gasteiger partial charge in [0.05, 0.1) is 10.5 Å². The molecule has 0 aliphatic rings. The van der Waals surface area contributed by atoms with E-state index in [0.717, 1.165) is 5.56 Å². The lowest BCUT2D eigenvalue weighted by atomic mass is 9.96. The molecule has 8 nitrogen and oxygen atoms in total. The van der Waals surface area contributed by atoms with Crippen LogP contribution in [0.4, 0.5) is 5.69 Å². The third kappa shape index (κ3) is 4.64. The van der Waals surface area contributed by atoms with Gasteiger partial charge in [0.2, 0.25) is 0 Å². The Morgan fingerprint density at radius 1 is 1.14 bits per heavy atom. The molecular formula is C20H22N2O6. The summed E-state index contributed by atoms with van der Waals surface area (Å²) in [5.41, 5.74) is 2.68. The quantitative estimate of drug-likeness (QED) is 0.578. The second-order valence-electron chi connectivity index (χ2n) is 6.60. The van der Waals surface area contributed by atoms with Crippen molar-refractivity contribution >= 4 is 17.6 Å². The fourth-order valence-electron chi connectivity index (χ4n) is 3.16. The highest BCUT2D eigenvalue weighted by molar-refractivity contribution is 5.98. The number of nitro benzene ring substituents is 1. The molecule has 0 bridgehead atoms. The minimum absolute atomic E-state index is 0.0396. The van der Waals surface area contributed by atoms with Crippen LogP contribution in [0.25, 0.3) is 0 Å². The summed E-state index contributed by atoms with van der Waals surface area (Å²) in [6.45, 7) is 4.87. The van der Waals surface area contributed by atoms with E-state index in [1.807, 2.05) is 0 Å². The number of carbonyl (C=O) groups excluding carboxylic acids is 1. The molecular weight excluding hydrogens is 364 g/mol. The Labute approximate surface area is 162 Å². The van der Waals surface area contributed by atoms with Crippen LogP contribution in [0.2, 0.25) is 0 Å². The molecule has 0 spiro atoms. The molecule has 0 aliphatic carbocycles. The van der Waals surface area contributed by atoms with Gasteiger partial charge in [0, 0.05) is 24.7 Å². The van der Waals surface area contributed by atoms with E-state index in [4.69, 9.17) is 9.84 Å². The molecule has 0 aliphatic heterocycles. The largest absolute Gasteiger partial charge is 0.482 e. The van der Waals surface area contributed by atoms with Crippen molar-refractivity contribution in [2.24, 2.45) is 0 Å². The van der Waals surface area contributed by atoms with Crippen LogP contribution in [0, 0.1) is 30.9 Å². The van der Waals surface area contributed by atoms with Crippen molar-refractivity contribution in [3.05, 3.63) is 68.3 Å². The van der Waals surface area contributed by atoms with Crippen molar-refractivity contribution in [3.8, 4) is 5.75 Å². The van der Waals surface area contributed by atoms with Crippen LogP contribution >= 0.6 is 0 Å². The summed E-state index contributed by atoms with van der Waals surface area (Å²) in [4.78, 5) is 35.8. The summed E-state index contributed by atoms with van der Waals surface area (Å²) in [5.74, 6) is -0.947. The summed E-state index contributed by atoms with van der Waals surface area (Å²) in [5, 5.41) is 20.0. The van der Waals surface area contributed by atoms with E-state index in [9.17, 15) is 19.7 Å². The predicted octanol–water partition coefficient (Wildman–Crippen LogP) is 3.26. The van der Waals surface area contributed by atoms with Gasteiger partial charge < -0.3 is 14.7 Å². The number of benzene rings is 2. The Kier molecular flexibility index (Phi) is 6.35. The molecule has 8 heteroatoms. The van der Waals surface area contributed by atoms with E-state index in [1.165, 1.54) is 4.90 Å². The first-order chi connectivity index (χ1) is 13.1. The van der Waals surface area contributed by atoms with Gasteiger partial charge in [-0.3, -0.25) is 14.9 Å². The zero-order chi connectivity index (χ0) is 21.0. The first-order valence-electron chi connectivity index (χ1n) is 8.56. The zero-order valence-electron chi connectivity index (χ0n) is 16.2. The van der Waals surface area contributed by atoms with E-state index in [0.29, 0.717) is 34.5 Å². The van der Waals surface area contributed by atoms with Crippen molar-refractivity contribution in [2.45, 2.75) is 27.3 Å². The summed E-state index contributed by atoms with van der Waals surface area (Å²) in [6, 6.07) is 8.38. The first kappa shape index (κ1) is 20.9. The van der Waals surface area contributed by atoms with E-state index < -0.39 is 17.5 Å². The van der Waals surface area contributed by atoms with Gasteiger partial charge in [-0.15, -0.1) is 0 Å². The third-order valence-electron chi connectivity index (χ3n) is 4.38. The Morgan fingerprint density at radius 2 is 1.75 bits per heavy atom. The molecule has 28 heavy (non-hydrogen) atoms. The van der Waals surface area contributed by atoms with E-state index in [2.05, 4.69) is 0 Å². The van der Waals surface area contributed by atoms with Gasteiger partial charge in [0.15, 0.2) is 6.61 Å². The van der Waals surface area contributed by atoms with E-state index in [1.54, 1.807) is 58.2 Å². The van der Waals surface area contributed by atoms with Crippen LogP contribution in [-0.2, 0) is 11.3 Å². The Balaban J connectivity index is 2.20. The highest BCUT2D eigenvalue weighted by Crippen LogP contribution is 2.29. The Bertz CT molecular complexity index is 921. The molecule has 0 fully saturated rings. The van der Waals surface area contributed by atoms with Crippen LogP contribution in [-0.4, -0.2) is 40.5 Å². The topological polar surface area (TPSA) is 110 Å². The predicted molar refractivity (Wildman–Crippen MR) is 103 cm³/mol. The number of nitro groups is 1. The number of nitrogens with zero attached hydrogens (tertiary/aromatic N) is 2. The minimum atomic E-state index is -1.06. The minimum Gasteiger partial charge on any atom is -0.482 e. The maximum Gasteiger partial charge on any atom is 0.341 e. The average molecular weight is 386 g/mol. The molecule has 0 aromatic heterocycles. The van der Waals surface area contributed by atoms with Gasteiger partial charge in [0.25, 0.3) is 11.6 Å². The zero-order valence-corrected chi connectivity index (χ0v) is 16.2. The van der Waals surface area contributed by atoms with Crippen LogP contribution in [0.1, 0.15) is 32.6 Å². The highest BCUT2D eigenvalue weighted by Gasteiger charge is 2.25. The fourth-order valence-corrected chi connectivity index (χ4v) is 3.16. The molecule has 0 saturated heterocycles. The first-order valence-corrected chi connectivity index (χ1v) is 8.56. The molecule has 148 valence electrons. The lowest BCUT2D eigenvalue weighted by molar-refractivity contribution is -0.386. The van der Waals surface area contributed by atoms with Crippen LogP contribution < -0.4 is 4.74 Å². The number of aryl methyl sites for hydroxylation is 2. The third-order valence-corrected chi connectivity index (χ3v) is 4.38. The molecule has 1 amide bonds. The number of ether oxygens (including phenoxy) is 1. The summed E-state index contributed by atoms with van der Waals surface area (Å²) >= 11 is 0. The lowest BCUT2D eigenvalue weighted by Gasteiger charge is -2.20. The fraction of sp³-hybridized carbons (Fsp3) is 0.300. The Morgan fingerprint density at radius 3 is 2.29 bits per heavy atom. The van der Waals surface area contributed by atoms with Crippen molar-refractivity contribution in [1.29, 1.82) is 0 Å². The molecule has 2 rings (SSSR count). The number of rotatable bonds is 7. The number of hydrogen-bond acceptors (Lipinski definition) is 5. The number of carbonyl (C=O) groups is 2. The summed E-state index contributed by atoms with van der Waals surface area (Å²) in [7, 11) is 1.63. The second-order valence-corrected chi connectivity index (χ2v) is 6.60. The maximum atomic E-state index is 12.9. The summed E-state index contributed by atoms with van der Waals surface area (Å²) < 4.78 is 5.08. The van der Waals surface area contributed by atoms with Gasteiger partial charge in [-0.1, -0.05) is 12.1 Å². The number of hydrogen-bond donors (Lipinski definition) is 1. The van der Waals surface area contributed by atoms with Crippen molar-refractivity contribution in [3.63, 3.8) is 0 Å². The van der Waals surface area contributed by atoms with Gasteiger partial charge >= 0.3 is 5.97 Å². The normalized spacial score (nSPS) is 10.4. The highest BCUT2D eigenvalue weighted by atomic mass is 16.6. The van der Waals surface area contributed by atoms with Gasteiger partial charge in [-0.25, -0.2) is 4.79 Å². The van der Waals surface area contributed by atoms with Gasteiger partial charge in [-0.2, -0.15) is 0 Å². The molecule has 0 heterocycles. The number of aliphatic carboxylic acids is 1. The summed E-state index contributed by atoms with van der Waals surface area (Å²) in [6.07, 6.45) is 0. The average Bonchev–Trinajstić information content (AvgIpc) is 2.60. The number of carboxylic acids is 1. The number of amides is 1. The van der Waals surface area contributed by atoms with Crippen LogP contribution in [0.3, 0.4) is 0 Å². The van der Waals surface area contributed by atoms with Crippen LogP contribution in [0.5, 0.6) is 5.75 Å². The molecule has 0 unspecified atom stereocenters. The smallest absolute Gasteiger partial charge is 0.341 e. The number of carboxylic acid groups (broad SMARTS) is 1. The van der Waals surface area contributed by atoms with Crippen molar-refractivity contribution in [2.75, 3.05) is 13.7 Å². The maximum absolute atomic E-state index is 12.9.